The molecule has 0 bridgehead atoms. The highest BCUT2D eigenvalue weighted by molar-refractivity contribution is 8.93. The number of benzene rings is 2. The minimum Gasteiger partial charge on any atom is -0.494 e. The quantitative estimate of drug-likeness (QED) is 0.358. The van der Waals surface area contributed by atoms with Crippen molar-refractivity contribution in [1.29, 1.82) is 5.41 Å². The van der Waals surface area contributed by atoms with Crippen molar-refractivity contribution in [1.82, 2.24) is 4.90 Å². The molecule has 2 aromatic carbocycles. The fraction of sp³-hybridized carbons (Fsp3) is 0.440. The van der Waals surface area contributed by atoms with E-state index in [1.165, 1.54) is 0 Å². The molecular formula is C25H33BrFN3O4. The number of hydrogen-bond donors (Lipinski definition) is 2. The average molecular weight is 538 g/mol. The lowest BCUT2D eigenvalue weighted by Gasteiger charge is -2.24. The Kier molecular flexibility index (Phi) is 8.58. The van der Waals surface area contributed by atoms with Crippen LogP contribution in [0.1, 0.15) is 61.7 Å². The Hall–Kier alpha value is -2.81. The number of methoxy groups -OCH3 is 1. The molecule has 7 nitrogen and oxygen atoms in total. The molecule has 3 N–H and O–H groups in total. The zero-order valence-electron chi connectivity index (χ0n) is 20.5. The summed E-state index contributed by atoms with van der Waals surface area (Å²) < 4.78 is 31.7. The van der Waals surface area contributed by atoms with Crippen LogP contribution in [0, 0.1) is 11.2 Å². The topological polar surface area (TPSA) is 97.9 Å². The van der Waals surface area contributed by atoms with Crippen LogP contribution in [0.5, 0.6) is 17.2 Å². The fourth-order valence-electron chi connectivity index (χ4n) is 4.02. The molecule has 0 fully saturated rings. The van der Waals surface area contributed by atoms with Crippen molar-refractivity contribution in [2.45, 2.75) is 46.6 Å². The zero-order chi connectivity index (χ0) is 24.5. The smallest absolute Gasteiger partial charge is 0.197 e. The lowest BCUT2D eigenvalue weighted by Crippen LogP contribution is -2.30. The van der Waals surface area contributed by atoms with Crippen molar-refractivity contribution in [3.8, 4) is 17.2 Å². The predicted molar refractivity (Wildman–Crippen MR) is 137 cm³/mol. The second-order valence-corrected chi connectivity index (χ2v) is 8.94. The predicted octanol–water partition coefficient (Wildman–Crippen LogP) is 5.11. The van der Waals surface area contributed by atoms with Crippen LogP contribution in [-0.2, 0) is 12.0 Å². The van der Waals surface area contributed by atoms with Gasteiger partial charge in [-0.1, -0.05) is 20.8 Å². The van der Waals surface area contributed by atoms with Gasteiger partial charge in [0.05, 0.1) is 38.1 Å². The molecular weight excluding hydrogens is 505 g/mol. The molecule has 2 aromatic rings. The van der Waals surface area contributed by atoms with Crippen LogP contribution in [0.4, 0.5) is 10.1 Å². The zero-order valence-corrected chi connectivity index (χ0v) is 22.2. The maximum atomic E-state index is 15.3. The van der Waals surface area contributed by atoms with Gasteiger partial charge >= 0.3 is 0 Å². The molecule has 1 aliphatic heterocycles. The van der Waals surface area contributed by atoms with Gasteiger partial charge in [-0.25, -0.2) is 4.39 Å². The number of hydrogen-bond acceptors (Lipinski definition) is 6. The number of carbonyl (C=O) groups is 1. The van der Waals surface area contributed by atoms with Crippen molar-refractivity contribution < 1.29 is 23.4 Å². The number of amidine groups is 1. The first-order chi connectivity index (χ1) is 15.5. The minimum absolute atomic E-state index is 0. The molecule has 0 aliphatic carbocycles. The van der Waals surface area contributed by atoms with Crippen LogP contribution in [0.15, 0.2) is 18.2 Å². The summed E-state index contributed by atoms with van der Waals surface area (Å²) in [5.41, 5.74) is 8.23. The molecule has 0 atom stereocenters. The van der Waals surface area contributed by atoms with Gasteiger partial charge in [-0.15, -0.1) is 17.0 Å². The van der Waals surface area contributed by atoms with Crippen molar-refractivity contribution in [2.24, 2.45) is 0 Å². The molecule has 0 saturated carbocycles. The van der Waals surface area contributed by atoms with E-state index in [-0.39, 0.29) is 65.0 Å². The molecule has 9 heteroatoms. The number of rotatable bonds is 8. The first kappa shape index (κ1) is 27.4. The molecule has 0 spiro atoms. The van der Waals surface area contributed by atoms with Gasteiger partial charge < -0.3 is 24.8 Å². The van der Waals surface area contributed by atoms with E-state index in [9.17, 15) is 4.79 Å². The van der Waals surface area contributed by atoms with E-state index in [1.54, 1.807) is 44.1 Å². The summed E-state index contributed by atoms with van der Waals surface area (Å²) in [5, 5.41) is 8.53. The number of nitrogens with zero attached hydrogens (tertiary/aromatic N) is 1. The molecule has 186 valence electrons. The molecule has 0 unspecified atom stereocenters. The van der Waals surface area contributed by atoms with E-state index in [0.29, 0.717) is 34.9 Å². The van der Waals surface area contributed by atoms with E-state index in [1.807, 2.05) is 20.8 Å². The van der Waals surface area contributed by atoms with Crippen LogP contribution in [0.3, 0.4) is 0 Å². The Morgan fingerprint density at radius 2 is 1.79 bits per heavy atom. The first-order valence-corrected chi connectivity index (χ1v) is 11.0. The fourth-order valence-corrected chi connectivity index (χ4v) is 4.02. The number of nitrogens with two attached hydrogens (primary N) is 1. The summed E-state index contributed by atoms with van der Waals surface area (Å²) in [7, 11) is 1.55. The molecule has 34 heavy (non-hydrogen) atoms. The molecule has 0 radical (unpaired) electrons. The Labute approximate surface area is 210 Å². The molecule has 3 rings (SSSR count). The second-order valence-electron chi connectivity index (χ2n) is 8.94. The normalized spacial score (nSPS) is 12.8. The van der Waals surface area contributed by atoms with Gasteiger partial charge in [-0.2, -0.15) is 0 Å². The van der Waals surface area contributed by atoms with Gasteiger partial charge in [0.2, 0.25) is 0 Å². The highest BCUT2D eigenvalue weighted by Crippen LogP contribution is 2.40. The number of nitrogen functional groups attached to an aromatic ring is 1. The van der Waals surface area contributed by atoms with Crippen LogP contribution < -0.4 is 19.9 Å². The van der Waals surface area contributed by atoms with Crippen LogP contribution in [0.25, 0.3) is 0 Å². The lowest BCUT2D eigenvalue weighted by atomic mass is 9.84. The van der Waals surface area contributed by atoms with Gasteiger partial charge in [-0.05, 0) is 43.0 Å². The van der Waals surface area contributed by atoms with Gasteiger partial charge in [0.15, 0.2) is 23.1 Å². The minimum atomic E-state index is -0.638. The SMILES string of the molecule is Br.CCOc1cc2c(c(F)c1OCC)C(=N)N(CC(=O)c1cc(N)c(OC)c(C(C)(C)C)c1)C2. The van der Waals surface area contributed by atoms with E-state index < -0.39 is 5.82 Å². The van der Waals surface area contributed by atoms with E-state index in [4.69, 9.17) is 25.4 Å². The number of nitrogens with one attached hydrogen (secondary N) is 1. The number of carbonyl (C=O) groups excluding carboxylic acids is 1. The maximum absolute atomic E-state index is 15.3. The average Bonchev–Trinajstić information content (AvgIpc) is 3.04. The summed E-state index contributed by atoms with van der Waals surface area (Å²) in [6.07, 6.45) is 0. The van der Waals surface area contributed by atoms with E-state index >= 15 is 4.39 Å². The van der Waals surface area contributed by atoms with Gasteiger partial charge in [0.1, 0.15) is 11.6 Å². The Bertz CT molecular complexity index is 1100. The first-order valence-electron chi connectivity index (χ1n) is 11.0. The number of ketones is 1. The Balaban J connectivity index is 0.00000408. The molecule has 0 amide bonds. The molecule has 1 heterocycles. The number of ether oxygens (including phenoxy) is 3. The third-order valence-electron chi connectivity index (χ3n) is 5.56. The summed E-state index contributed by atoms with van der Waals surface area (Å²) in [6, 6.07) is 5.06. The van der Waals surface area contributed by atoms with Crippen LogP contribution in [0.2, 0.25) is 0 Å². The van der Waals surface area contributed by atoms with Crippen LogP contribution >= 0.6 is 17.0 Å². The van der Waals surface area contributed by atoms with Crippen molar-refractivity contribution in [3.05, 3.63) is 46.3 Å². The summed E-state index contributed by atoms with van der Waals surface area (Å²) in [4.78, 5) is 14.7. The highest BCUT2D eigenvalue weighted by Gasteiger charge is 2.33. The monoisotopic (exact) mass is 537 g/mol. The number of Topliss-reactive ketones (excluding diaryl/α,β-unsaturated/α-hetero) is 1. The molecule has 0 aromatic heterocycles. The Morgan fingerprint density at radius 1 is 1.15 bits per heavy atom. The lowest BCUT2D eigenvalue weighted by molar-refractivity contribution is 0.0962. The van der Waals surface area contributed by atoms with Crippen molar-refractivity contribution >= 4 is 34.3 Å². The van der Waals surface area contributed by atoms with E-state index in [2.05, 4.69) is 0 Å². The third-order valence-corrected chi connectivity index (χ3v) is 5.56. The number of halogens is 2. The van der Waals surface area contributed by atoms with Crippen molar-refractivity contribution in [3.63, 3.8) is 0 Å². The molecule has 1 aliphatic rings. The second kappa shape index (κ2) is 10.6. The summed E-state index contributed by atoms with van der Waals surface area (Å²) in [5.74, 6) is -0.0702. The van der Waals surface area contributed by atoms with Gasteiger partial charge in [0.25, 0.3) is 0 Å². The number of fused-ring (bicyclic) bond motifs is 1. The largest absolute Gasteiger partial charge is 0.494 e. The highest BCUT2D eigenvalue weighted by atomic mass is 79.9. The van der Waals surface area contributed by atoms with Gasteiger partial charge in [0, 0.05) is 17.7 Å². The summed E-state index contributed by atoms with van der Waals surface area (Å²) in [6.45, 7) is 10.4. The number of anilines is 1. The standard InChI is InChI=1S/C25H32FN3O4.BrH/c1-7-32-19-11-15-12-29(24(28)20(15)21(26)23(19)33-8-2)13-18(30)14-9-16(25(3,4)5)22(31-6)17(27)10-14;/h9-11,28H,7-8,12-13,27H2,1-6H3;1H. The van der Waals surface area contributed by atoms with Crippen molar-refractivity contribution in [2.75, 3.05) is 32.6 Å². The van der Waals surface area contributed by atoms with Gasteiger partial charge in [-0.3, -0.25) is 10.2 Å². The maximum Gasteiger partial charge on any atom is 0.197 e. The summed E-state index contributed by atoms with van der Waals surface area (Å²) >= 11 is 0. The molecule has 0 saturated heterocycles. The van der Waals surface area contributed by atoms with E-state index in [0.717, 1.165) is 5.56 Å². The van der Waals surface area contributed by atoms with Crippen LogP contribution in [-0.4, -0.2) is 43.4 Å². The Morgan fingerprint density at radius 3 is 2.35 bits per heavy atom. The third kappa shape index (κ3) is 5.14.